The number of hydrogen-bond acceptors (Lipinski definition) is 2. The molecule has 0 unspecified atom stereocenters. The summed E-state index contributed by atoms with van der Waals surface area (Å²) in [4.78, 5) is 0. The van der Waals surface area contributed by atoms with Crippen LogP contribution < -0.4 is 5.32 Å². The molecule has 0 radical (unpaired) electrons. The highest BCUT2D eigenvalue weighted by atomic mass is 19.1. The molecule has 0 atom stereocenters. The molecule has 2 aromatic rings. The van der Waals surface area contributed by atoms with Gasteiger partial charge in [-0.15, -0.1) is 0 Å². The highest BCUT2D eigenvalue weighted by Crippen LogP contribution is 2.23. The zero-order valence-corrected chi connectivity index (χ0v) is 11.6. The molecule has 0 fully saturated rings. The van der Waals surface area contributed by atoms with E-state index in [0.29, 0.717) is 11.3 Å². The van der Waals surface area contributed by atoms with Crippen molar-refractivity contribution in [2.75, 3.05) is 5.32 Å². The number of aryl methyl sites for hydroxylation is 1. The summed E-state index contributed by atoms with van der Waals surface area (Å²) in [6, 6.07) is 6.43. The fraction of sp³-hybridized carbons (Fsp3) is 0.267. The standard InChI is InChI=1S/C15H15F2N3/c1-9-4-5-13(16)15(14(9)17)19-8-11-6-12(7-18)20(3)10(11)2/h4-6,19H,8H2,1-3H3. The molecule has 5 heteroatoms. The molecule has 0 aliphatic heterocycles. The van der Waals surface area contributed by atoms with Gasteiger partial charge in [-0.1, -0.05) is 6.07 Å². The van der Waals surface area contributed by atoms with E-state index in [1.54, 1.807) is 24.6 Å². The summed E-state index contributed by atoms with van der Waals surface area (Å²) in [5.41, 5.74) is 2.50. The molecule has 1 aromatic carbocycles. The van der Waals surface area contributed by atoms with Crippen molar-refractivity contribution in [3.8, 4) is 6.07 Å². The minimum absolute atomic E-state index is 0.133. The summed E-state index contributed by atoms with van der Waals surface area (Å²) in [7, 11) is 1.78. The lowest BCUT2D eigenvalue weighted by atomic mass is 10.2. The Morgan fingerprint density at radius 2 is 2.00 bits per heavy atom. The summed E-state index contributed by atoms with van der Waals surface area (Å²) < 4.78 is 29.2. The van der Waals surface area contributed by atoms with Crippen LogP contribution in [0, 0.1) is 36.8 Å². The number of anilines is 1. The van der Waals surface area contributed by atoms with Crippen LogP contribution in [-0.2, 0) is 13.6 Å². The van der Waals surface area contributed by atoms with Crippen LogP contribution in [0.1, 0.15) is 22.5 Å². The maximum atomic E-state index is 13.9. The van der Waals surface area contributed by atoms with Gasteiger partial charge in [-0.3, -0.25) is 0 Å². The monoisotopic (exact) mass is 275 g/mol. The first kappa shape index (κ1) is 14.1. The van der Waals surface area contributed by atoms with Crippen molar-refractivity contribution in [3.63, 3.8) is 0 Å². The van der Waals surface area contributed by atoms with Crippen molar-refractivity contribution >= 4 is 5.69 Å². The number of benzene rings is 1. The molecule has 0 aliphatic carbocycles. The largest absolute Gasteiger partial charge is 0.376 e. The first-order valence-electron chi connectivity index (χ1n) is 6.19. The van der Waals surface area contributed by atoms with Crippen LogP contribution in [0.2, 0.25) is 0 Å². The fourth-order valence-corrected chi connectivity index (χ4v) is 2.05. The average Bonchev–Trinajstić information content (AvgIpc) is 2.71. The van der Waals surface area contributed by atoms with Crippen molar-refractivity contribution in [1.82, 2.24) is 4.57 Å². The number of aromatic nitrogens is 1. The Balaban J connectivity index is 2.26. The lowest BCUT2D eigenvalue weighted by Crippen LogP contribution is -2.06. The average molecular weight is 275 g/mol. The molecule has 0 saturated heterocycles. The molecule has 2 rings (SSSR count). The number of nitrogens with one attached hydrogen (secondary N) is 1. The molecule has 104 valence electrons. The molecule has 0 bridgehead atoms. The van der Waals surface area contributed by atoms with Crippen molar-refractivity contribution < 1.29 is 8.78 Å². The Kier molecular flexibility index (Phi) is 3.75. The van der Waals surface area contributed by atoms with Gasteiger partial charge < -0.3 is 9.88 Å². The van der Waals surface area contributed by atoms with E-state index in [0.717, 1.165) is 11.3 Å². The number of halogens is 2. The molecular weight excluding hydrogens is 260 g/mol. The molecule has 1 aromatic heterocycles. The first-order chi connectivity index (χ1) is 9.45. The highest BCUT2D eigenvalue weighted by Gasteiger charge is 2.13. The van der Waals surface area contributed by atoms with Crippen LogP contribution in [-0.4, -0.2) is 4.57 Å². The van der Waals surface area contributed by atoms with Crippen LogP contribution >= 0.6 is 0 Å². The van der Waals surface area contributed by atoms with E-state index in [-0.39, 0.29) is 12.2 Å². The molecular formula is C15H15F2N3. The predicted molar refractivity (Wildman–Crippen MR) is 73.3 cm³/mol. The van der Waals surface area contributed by atoms with Crippen molar-refractivity contribution in [2.24, 2.45) is 7.05 Å². The lowest BCUT2D eigenvalue weighted by molar-refractivity contribution is 0.582. The Labute approximate surface area is 116 Å². The molecule has 1 heterocycles. The SMILES string of the molecule is Cc1ccc(F)c(NCc2cc(C#N)n(C)c2C)c1F. The van der Waals surface area contributed by atoms with Crippen LogP contribution in [0.25, 0.3) is 0 Å². The normalized spacial score (nSPS) is 10.4. The quantitative estimate of drug-likeness (QED) is 0.932. The summed E-state index contributed by atoms with van der Waals surface area (Å²) in [6.07, 6.45) is 0. The van der Waals surface area contributed by atoms with Crippen LogP contribution in [0.15, 0.2) is 18.2 Å². The highest BCUT2D eigenvalue weighted by molar-refractivity contribution is 5.50. The second-order valence-electron chi connectivity index (χ2n) is 4.72. The van der Waals surface area contributed by atoms with E-state index in [4.69, 9.17) is 5.26 Å². The van der Waals surface area contributed by atoms with Gasteiger partial charge in [0.05, 0.1) is 0 Å². The van der Waals surface area contributed by atoms with Crippen molar-refractivity contribution in [1.29, 1.82) is 5.26 Å². The van der Waals surface area contributed by atoms with E-state index in [9.17, 15) is 8.78 Å². The minimum Gasteiger partial charge on any atom is -0.376 e. The Morgan fingerprint density at radius 3 is 2.60 bits per heavy atom. The maximum absolute atomic E-state index is 13.9. The Morgan fingerprint density at radius 1 is 1.30 bits per heavy atom. The second-order valence-corrected chi connectivity index (χ2v) is 4.72. The third-order valence-corrected chi connectivity index (χ3v) is 3.49. The third-order valence-electron chi connectivity index (χ3n) is 3.49. The molecule has 3 nitrogen and oxygen atoms in total. The Bertz CT molecular complexity index is 696. The van der Waals surface area contributed by atoms with E-state index >= 15 is 0 Å². The Hall–Kier alpha value is -2.35. The predicted octanol–water partition coefficient (Wildman–Crippen LogP) is 3.40. The van der Waals surface area contributed by atoms with E-state index in [2.05, 4.69) is 11.4 Å². The van der Waals surface area contributed by atoms with Gasteiger partial charge in [0.25, 0.3) is 0 Å². The van der Waals surface area contributed by atoms with Crippen LogP contribution in [0.5, 0.6) is 0 Å². The fourth-order valence-electron chi connectivity index (χ4n) is 2.05. The van der Waals surface area contributed by atoms with Gasteiger partial charge >= 0.3 is 0 Å². The van der Waals surface area contributed by atoms with E-state index in [1.165, 1.54) is 12.1 Å². The van der Waals surface area contributed by atoms with Gasteiger partial charge in [-0.05, 0) is 37.1 Å². The van der Waals surface area contributed by atoms with Gasteiger partial charge in [0.15, 0.2) is 5.82 Å². The third kappa shape index (κ3) is 2.37. The zero-order chi connectivity index (χ0) is 14.9. The zero-order valence-electron chi connectivity index (χ0n) is 11.6. The molecule has 1 N–H and O–H groups in total. The minimum atomic E-state index is -0.623. The second kappa shape index (κ2) is 5.33. The van der Waals surface area contributed by atoms with E-state index in [1.807, 2.05) is 6.92 Å². The van der Waals surface area contributed by atoms with Gasteiger partial charge in [0.2, 0.25) is 0 Å². The summed E-state index contributed by atoms with van der Waals surface area (Å²) in [5.74, 6) is -1.21. The summed E-state index contributed by atoms with van der Waals surface area (Å²) >= 11 is 0. The molecule has 0 aliphatic rings. The van der Waals surface area contributed by atoms with Gasteiger partial charge in [-0.25, -0.2) is 8.78 Å². The van der Waals surface area contributed by atoms with Crippen molar-refractivity contribution in [3.05, 3.63) is 52.3 Å². The van der Waals surface area contributed by atoms with Gasteiger partial charge in [0.1, 0.15) is 23.3 Å². The van der Waals surface area contributed by atoms with Crippen LogP contribution in [0.4, 0.5) is 14.5 Å². The summed E-state index contributed by atoms with van der Waals surface area (Å²) in [6.45, 7) is 3.71. The van der Waals surface area contributed by atoms with Gasteiger partial charge in [0, 0.05) is 19.3 Å². The van der Waals surface area contributed by atoms with Crippen molar-refractivity contribution in [2.45, 2.75) is 20.4 Å². The van der Waals surface area contributed by atoms with E-state index < -0.39 is 11.6 Å². The topological polar surface area (TPSA) is 40.8 Å². The maximum Gasteiger partial charge on any atom is 0.152 e. The molecule has 0 amide bonds. The van der Waals surface area contributed by atoms with Gasteiger partial charge in [-0.2, -0.15) is 5.26 Å². The van der Waals surface area contributed by atoms with Crippen LogP contribution in [0.3, 0.4) is 0 Å². The molecule has 20 heavy (non-hydrogen) atoms. The summed E-state index contributed by atoms with van der Waals surface area (Å²) in [5, 5.41) is 11.7. The number of nitrogens with zero attached hydrogens (tertiary/aromatic N) is 2. The number of hydrogen-bond donors (Lipinski definition) is 1. The lowest BCUT2D eigenvalue weighted by Gasteiger charge is -2.10. The molecule has 0 spiro atoms. The number of nitriles is 1. The first-order valence-corrected chi connectivity index (χ1v) is 6.19. The number of rotatable bonds is 3. The molecule has 0 saturated carbocycles. The smallest absolute Gasteiger partial charge is 0.152 e.